The molecule has 0 saturated carbocycles. The van der Waals surface area contributed by atoms with Crippen molar-refractivity contribution in [1.82, 2.24) is 0 Å². The third-order valence-electron chi connectivity index (χ3n) is 4.25. The second-order valence-electron chi connectivity index (χ2n) is 6.44. The molecule has 2 aromatic rings. The number of carboxylic acids is 1. The van der Waals surface area contributed by atoms with E-state index in [0.29, 0.717) is 16.4 Å². The van der Waals surface area contributed by atoms with Gasteiger partial charge in [-0.1, -0.05) is 23.2 Å². The average molecular weight is 467 g/mol. The van der Waals surface area contributed by atoms with Gasteiger partial charge in [0.25, 0.3) is 0 Å². The van der Waals surface area contributed by atoms with Crippen LogP contribution in [-0.2, 0) is 19.2 Å². The summed E-state index contributed by atoms with van der Waals surface area (Å²) in [5, 5.41) is 11.2. The van der Waals surface area contributed by atoms with Crippen LogP contribution in [-0.4, -0.2) is 34.0 Å². The summed E-state index contributed by atoms with van der Waals surface area (Å²) in [6, 6.07) is 11.3. The lowest BCUT2D eigenvalue weighted by atomic mass is 10.2. The van der Waals surface area contributed by atoms with Crippen molar-refractivity contribution in [2.45, 2.75) is 29.4 Å². The number of benzene rings is 2. The smallest absolute Gasteiger partial charge is 0.303 e. The Balaban J connectivity index is 1.63. The van der Waals surface area contributed by atoms with Gasteiger partial charge in [-0.25, -0.2) is 4.90 Å². The van der Waals surface area contributed by atoms with E-state index in [4.69, 9.17) is 28.3 Å². The first kappa shape index (κ1) is 22.1. The number of amides is 3. The fourth-order valence-electron chi connectivity index (χ4n) is 2.82. The van der Waals surface area contributed by atoms with Gasteiger partial charge in [-0.2, -0.15) is 0 Å². The lowest BCUT2D eigenvalue weighted by Crippen LogP contribution is -2.31. The summed E-state index contributed by atoms with van der Waals surface area (Å²) in [6.45, 7) is 0. The number of nitrogens with one attached hydrogen (secondary N) is 1. The number of anilines is 2. The summed E-state index contributed by atoms with van der Waals surface area (Å²) in [7, 11) is 0. The zero-order valence-corrected chi connectivity index (χ0v) is 17.8. The minimum Gasteiger partial charge on any atom is -0.481 e. The van der Waals surface area contributed by atoms with E-state index < -0.39 is 17.1 Å². The second-order valence-corrected chi connectivity index (χ2v) is 8.53. The number of rotatable bonds is 7. The first-order chi connectivity index (χ1) is 14.2. The van der Waals surface area contributed by atoms with Gasteiger partial charge in [0, 0.05) is 23.4 Å². The van der Waals surface area contributed by atoms with Gasteiger partial charge in [-0.3, -0.25) is 19.2 Å². The predicted molar refractivity (Wildman–Crippen MR) is 115 cm³/mol. The number of imide groups is 1. The molecule has 1 atom stereocenters. The summed E-state index contributed by atoms with van der Waals surface area (Å²) in [5.41, 5.74) is 0.892. The highest BCUT2D eigenvalue weighted by molar-refractivity contribution is 8.00. The first-order valence-electron chi connectivity index (χ1n) is 8.85. The van der Waals surface area contributed by atoms with Crippen LogP contribution < -0.4 is 10.2 Å². The Bertz CT molecular complexity index is 1010. The fraction of sp³-hybridized carbons (Fsp3) is 0.200. The Morgan fingerprint density at radius 2 is 1.77 bits per heavy atom. The number of hydrogen-bond acceptors (Lipinski definition) is 5. The van der Waals surface area contributed by atoms with Crippen LogP contribution >= 0.6 is 35.0 Å². The molecule has 1 aliphatic heterocycles. The molecule has 0 radical (unpaired) electrons. The Hall–Kier alpha value is -2.55. The molecule has 156 valence electrons. The second kappa shape index (κ2) is 9.51. The molecule has 2 N–H and O–H groups in total. The van der Waals surface area contributed by atoms with Crippen LogP contribution in [0.15, 0.2) is 47.4 Å². The van der Waals surface area contributed by atoms with E-state index in [1.807, 2.05) is 0 Å². The highest BCUT2D eigenvalue weighted by Gasteiger charge is 2.40. The molecule has 30 heavy (non-hydrogen) atoms. The Morgan fingerprint density at radius 1 is 1.07 bits per heavy atom. The highest BCUT2D eigenvalue weighted by Crippen LogP contribution is 2.36. The number of carboxylic acid groups (broad SMARTS) is 1. The van der Waals surface area contributed by atoms with Gasteiger partial charge in [0.05, 0.1) is 27.4 Å². The average Bonchev–Trinajstić information content (AvgIpc) is 2.97. The van der Waals surface area contributed by atoms with Crippen molar-refractivity contribution in [3.8, 4) is 0 Å². The zero-order valence-electron chi connectivity index (χ0n) is 15.4. The molecule has 0 bridgehead atoms. The van der Waals surface area contributed by atoms with Crippen LogP contribution in [0.4, 0.5) is 11.4 Å². The van der Waals surface area contributed by atoms with E-state index in [2.05, 4.69) is 5.32 Å². The summed E-state index contributed by atoms with van der Waals surface area (Å²) in [4.78, 5) is 49.2. The van der Waals surface area contributed by atoms with Gasteiger partial charge in [-0.05, 0) is 42.5 Å². The Morgan fingerprint density at radius 3 is 2.40 bits per heavy atom. The number of aliphatic carboxylic acids is 1. The summed E-state index contributed by atoms with van der Waals surface area (Å²) in [5.74, 6) is -2.10. The quantitative estimate of drug-likeness (QED) is 0.591. The maximum absolute atomic E-state index is 12.8. The van der Waals surface area contributed by atoms with Crippen molar-refractivity contribution in [3.05, 3.63) is 52.5 Å². The lowest BCUT2D eigenvalue weighted by molar-refractivity contribution is -0.138. The van der Waals surface area contributed by atoms with E-state index in [0.717, 1.165) is 9.80 Å². The van der Waals surface area contributed by atoms with Crippen LogP contribution in [0.25, 0.3) is 0 Å². The molecule has 1 saturated heterocycles. The van der Waals surface area contributed by atoms with Gasteiger partial charge < -0.3 is 10.4 Å². The summed E-state index contributed by atoms with van der Waals surface area (Å²) >= 11 is 13.1. The van der Waals surface area contributed by atoms with Gasteiger partial charge >= 0.3 is 5.97 Å². The molecular weight excluding hydrogens is 451 g/mol. The molecule has 1 aliphatic rings. The highest BCUT2D eigenvalue weighted by atomic mass is 35.5. The molecule has 0 aliphatic carbocycles. The summed E-state index contributed by atoms with van der Waals surface area (Å²) in [6.07, 6.45) is -0.306. The number of carbonyl (C=O) groups is 4. The minimum atomic E-state index is -1.04. The van der Waals surface area contributed by atoms with Crippen molar-refractivity contribution in [3.63, 3.8) is 0 Å². The number of nitrogens with zero attached hydrogens (tertiary/aromatic N) is 1. The number of thioether (sulfide) groups is 1. The van der Waals surface area contributed by atoms with Gasteiger partial charge in [0.2, 0.25) is 17.7 Å². The van der Waals surface area contributed by atoms with Crippen molar-refractivity contribution in [2.24, 2.45) is 0 Å². The molecule has 1 heterocycles. The van der Waals surface area contributed by atoms with E-state index in [1.54, 1.807) is 30.3 Å². The van der Waals surface area contributed by atoms with E-state index >= 15 is 0 Å². The minimum absolute atomic E-state index is 0.0530. The van der Waals surface area contributed by atoms with Crippen molar-refractivity contribution in [2.75, 3.05) is 10.2 Å². The topological polar surface area (TPSA) is 104 Å². The maximum Gasteiger partial charge on any atom is 0.303 e. The lowest BCUT2D eigenvalue weighted by Gasteiger charge is -2.15. The largest absolute Gasteiger partial charge is 0.481 e. The Labute approximate surface area is 186 Å². The molecule has 1 unspecified atom stereocenters. The molecule has 3 rings (SSSR count). The van der Waals surface area contributed by atoms with Crippen LogP contribution in [0, 0.1) is 0 Å². The number of halogens is 2. The van der Waals surface area contributed by atoms with Gasteiger partial charge in [0.15, 0.2) is 0 Å². The molecule has 0 aromatic heterocycles. The molecular formula is C20H16Cl2N2O5S. The fourth-order valence-corrected chi connectivity index (χ4v) is 4.16. The molecule has 3 amide bonds. The number of carbonyl (C=O) groups excluding carboxylic acids is 3. The molecule has 2 aromatic carbocycles. The third kappa shape index (κ3) is 5.33. The normalized spacial score (nSPS) is 16.1. The van der Waals surface area contributed by atoms with Crippen LogP contribution in [0.3, 0.4) is 0 Å². The predicted octanol–water partition coefficient (Wildman–Crippen LogP) is 4.22. The molecule has 1 fully saturated rings. The first-order valence-corrected chi connectivity index (χ1v) is 10.5. The zero-order chi connectivity index (χ0) is 21.8. The standard InChI is InChI=1S/C20H16Cl2N2O5S/c21-14-6-3-12(9-15(14)22)24-18(26)10-16(20(24)29)30-13-4-1-11(2-5-13)23-17(25)7-8-19(27)28/h1-6,9,16H,7-8,10H2,(H,23,25)(H,27,28). The van der Waals surface area contributed by atoms with Crippen LogP contribution in [0.5, 0.6) is 0 Å². The van der Waals surface area contributed by atoms with E-state index in [9.17, 15) is 19.2 Å². The van der Waals surface area contributed by atoms with Gasteiger partial charge in [-0.15, -0.1) is 11.8 Å². The Kier molecular flexibility index (Phi) is 7.02. The molecule has 7 nitrogen and oxygen atoms in total. The van der Waals surface area contributed by atoms with Crippen molar-refractivity contribution >= 4 is 70.0 Å². The molecule has 0 spiro atoms. The molecule has 10 heteroatoms. The van der Waals surface area contributed by atoms with E-state index in [1.165, 1.54) is 23.9 Å². The monoisotopic (exact) mass is 466 g/mol. The maximum atomic E-state index is 12.8. The van der Waals surface area contributed by atoms with Crippen molar-refractivity contribution in [1.29, 1.82) is 0 Å². The van der Waals surface area contributed by atoms with Crippen LogP contribution in [0.2, 0.25) is 10.0 Å². The van der Waals surface area contributed by atoms with Crippen LogP contribution in [0.1, 0.15) is 19.3 Å². The third-order valence-corrected chi connectivity index (χ3v) is 6.19. The van der Waals surface area contributed by atoms with Gasteiger partial charge in [0.1, 0.15) is 0 Å². The van der Waals surface area contributed by atoms with Crippen molar-refractivity contribution < 1.29 is 24.3 Å². The summed E-state index contributed by atoms with van der Waals surface area (Å²) < 4.78 is 0. The number of hydrogen-bond donors (Lipinski definition) is 2. The van der Waals surface area contributed by atoms with E-state index in [-0.39, 0.29) is 36.1 Å². The SMILES string of the molecule is O=C(O)CCC(=O)Nc1ccc(SC2CC(=O)N(c3ccc(Cl)c(Cl)c3)C2=O)cc1.